The summed E-state index contributed by atoms with van der Waals surface area (Å²) in [5, 5.41) is 5.30. The first-order valence-corrected chi connectivity index (χ1v) is 12.1. The van der Waals surface area contributed by atoms with Crippen LogP contribution in [0.25, 0.3) is 10.8 Å². The summed E-state index contributed by atoms with van der Waals surface area (Å²) in [6, 6.07) is 32.9. The van der Waals surface area contributed by atoms with Gasteiger partial charge in [0.05, 0.1) is 5.54 Å². The van der Waals surface area contributed by atoms with E-state index in [4.69, 9.17) is 0 Å². The molecule has 0 aliphatic rings. The fraction of sp³-hybridized carbons (Fsp3) is 0.226. The maximum atomic E-state index is 14.0. The predicted octanol–water partition coefficient (Wildman–Crippen LogP) is 6.28. The predicted molar refractivity (Wildman–Crippen MR) is 142 cm³/mol. The van der Waals surface area contributed by atoms with Gasteiger partial charge in [0.15, 0.2) is 0 Å². The van der Waals surface area contributed by atoms with Gasteiger partial charge in [0, 0.05) is 24.2 Å². The van der Waals surface area contributed by atoms with Gasteiger partial charge in [-0.05, 0) is 53.4 Å². The van der Waals surface area contributed by atoms with Crippen molar-refractivity contribution in [2.75, 3.05) is 13.1 Å². The summed E-state index contributed by atoms with van der Waals surface area (Å²) >= 11 is 0. The molecule has 0 radical (unpaired) electrons. The zero-order valence-corrected chi connectivity index (χ0v) is 20.6. The van der Waals surface area contributed by atoms with Crippen LogP contribution in [0.5, 0.6) is 0 Å². The van der Waals surface area contributed by atoms with Gasteiger partial charge in [0.2, 0.25) is 0 Å². The quantitative estimate of drug-likeness (QED) is 0.333. The molecule has 2 amide bonds. The summed E-state index contributed by atoms with van der Waals surface area (Å²) in [5.41, 5.74) is 1.45. The van der Waals surface area contributed by atoms with Gasteiger partial charge >= 0.3 is 0 Å². The molecule has 0 bridgehead atoms. The van der Waals surface area contributed by atoms with Gasteiger partial charge in [-0.3, -0.25) is 9.59 Å². The Kier molecular flexibility index (Phi) is 7.31. The van der Waals surface area contributed by atoms with Crippen LogP contribution in [0.1, 0.15) is 47.1 Å². The molecular weight excluding hydrogens is 432 g/mol. The Labute approximate surface area is 207 Å². The molecule has 4 heteroatoms. The standard InChI is InChI=1S/C31H32N2O2/c1-23(2)21-33(30(35)26-16-8-5-9-17-26)31(3,22-32-29(34)25-14-6-4-7-15-25)28-20-12-18-24-13-10-11-19-27(24)28/h4-20,23H,21-22H2,1-3H3,(H,32,34)/t31-/m0/s1. The summed E-state index contributed by atoms with van der Waals surface area (Å²) in [5.74, 6) is 0.0270. The van der Waals surface area contributed by atoms with Crippen LogP contribution in [0.3, 0.4) is 0 Å². The fourth-order valence-corrected chi connectivity index (χ4v) is 4.59. The molecule has 0 aromatic heterocycles. The van der Waals surface area contributed by atoms with E-state index in [-0.39, 0.29) is 24.3 Å². The Bertz CT molecular complexity index is 1300. The molecule has 4 aromatic carbocycles. The van der Waals surface area contributed by atoms with Crippen molar-refractivity contribution in [2.24, 2.45) is 5.92 Å². The van der Waals surface area contributed by atoms with Crippen molar-refractivity contribution in [3.8, 4) is 0 Å². The van der Waals surface area contributed by atoms with E-state index in [1.807, 2.05) is 71.6 Å². The van der Waals surface area contributed by atoms with E-state index in [9.17, 15) is 9.59 Å². The lowest BCUT2D eigenvalue weighted by molar-refractivity contribution is 0.0450. The Morgan fingerprint density at radius 1 is 0.771 bits per heavy atom. The highest BCUT2D eigenvalue weighted by Crippen LogP contribution is 2.35. The molecule has 4 nitrogen and oxygen atoms in total. The van der Waals surface area contributed by atoms with Gasteiger partial charge in [-0.15, -0.1) is 0 Å². The highest BCUT2D eigenvalue weighted by Gasteiger charge is 2.39. The maximum Gasteiger partial charge on any atom is 0.254 e. The topological polar surface area (TPSA) is 49.4 Å². The van der Waals surface area contributed by atoms with Crippen LogP contribution in [0.2, 0.25) is 0 Å². The molecule has 0 aliphatic carbocycles. The Morgan fingerprint density at radius 3 is 2.00 bits per heavy atom. The molecule has 0 aliphatic heterocycles. The van der Waals surface area contributed by atoms with Crippen LogP contribution < -0.4 is 5.32 Å². The third kappa shape index (κ3) is 5.27. The number of carbonyl (C=O) groups is 2. The molecular formula is C31H32N2O2. The van der Waals surface area contributed by atoms with Crippen molar-refractivity contribution in [1.29, 1.82) is 0 Å². The van der Waals surface area contributed by atoms with E-state index < -0.39 is 5.54 Å². The van der Waals surface area contributed by atoms with Crippen molar-refractivity contribution in [3.63, 3.8) is 0 Å². The SMILES string of the molecule is CC(C)CN(C(=O)c1ccccc1)[C@@](C)(CNC(=O)c1ccccc1)c1cccc2ccccc12. The first-order chi connectivity index (χ1) is 16.9. The number of hydrogen-bond donors (Lipinski definition) is 1. The third-order valence-electron chi connectivity index (χ3n) is 6.41. The molecule has 0 unspecified atom stereocenters. The lowest BCUT2D eigenvalue weighted by atomic mass is 9.84. The van der Waals surface area contributed by atoms with Gasteiger partial charge in [0.1, 0.15) is 0 Å². The monoisotopic (exact) mass is 464 g/mol. The second kappa shape index (κ2) is 10.6. The Morgan fingerprint density at radius 2 is 1.34 bits per heavy atom. The number of nitrogens with zero attached hydrogens (tertiary/aromatic N) is 1. The highest BCUT2D eigenvalue weighted by molar-refractivity contribution is 5.96. The number of carbonyl (C=O) groups excluding carboxylic acids is 2. The van der Waals surface area contributed by atoms with E-state index >= 15 is 0 Å². The first kappa shape index (κ1) is 24.2. The average Bonchev–Trinajstić information content (AvgIpc) is 2.90. The van der Waals surface area contributed by atoms with Crippen LogP contribution in [0, 0.1) is 5.92 Å². The summed E-state index contributed by atoms with van der Waals surface area (Å²) < 4.78 is 0. The Balaban J connectivity index is 1.82. The molecule has 1 atom stereocenters. The summed E-state index contributed by atoms with van der Waals surface area (Å²) in [4.78, 5) is 29.0. The summed E-state index contributed by atoms with van der Waals surface area (Å²) in [7, 11) is 0. The van der Waals surface area contributed by atoms with Crippen molar-refractivity contribution >= 4 is 22.6 Å². The fourth-order valence-electron chi connectivity index (χ4n) is 4.59. The van der Waals surface area contributed by atoms with Crippen LogP contribution in [-0.2, 0) is 5.54 Å². The highest BCUT2D eigenvalue weighted by atomic mass is 16.2. The van der Waals surface area contributed by atoms with E-state index in [0.717, 1.165) is 16.3 Å². The van der Waals surface area contributed by atoms with E-state index in [0.29, 0.717) is 17.7 Å². The number of fused-ring (bicyclic) bond motifs is 1. The smallest absolute Gasteiger partial charge is 0.254 e. The summed E-state index contributed by atoms with van der Waals surface area (Å²) in [6.45, 7) is 7.10. The zero-order chi connectivity index (χ0) is 24.8. The molecule has 0 fully saturated rings. The molecule has 0 heterocycles. The molecule has 0 saturated heterocycles. The molecule has 35 heavy (non-hydrogen) atoms. The molecule has 0 spiro atoms. The van der Waals surface area contributed by atoms with Crippen molar-refractivity contribution < 1.29 is 9.59 Å². The van der Waals surface area contributed by atoms with Crippen LogP contribution >= 0.6 is 0 Å². The minimum atomic E-state index is -0.789. The number of nitrogens with one attached hydrogen (secondary N) is 1. The number of rotatable bonds is 8. The van der Waals surface area contributed by atoms with E-state index in [1.54, 1.807) is 12.1 Å². The van der Waals surface area contributed by atoms with Gasteiger partial charge in [-0.2, -0.15) is 0 Å². The molecule has 178 valence electrons. The molecule has 1 N–H and O–H groups in total. The minimum absolute atomic E-state index is 0.0521. The first-order valence-electron chi connectivity index (χ1n) is 12.1. The van der Waals surface area contributed by atoms with Gasteiger partial charge < -0.3 is 10.2 Å². The van der Waals surface area contributed by atoms with Gasteiger partial charge in [-0.25, -0.2) is 0 Å². The molecule has 4 rings (SSSR count). The normalized spacial score (nSPS) is 12.8. The second-order valence-corrected chi connectivity index (χ2v) is 9.52. The largest absolute Gasteiger partial charge is 0.349 e. The van der Waals surface area contributed by atoms with Gasteiger partial charge in [0.25, 0.3) is 11.8 Å². The van der Waals surface area contributed by atoms with Crippen LogP contribution in [-0.4, -0.2) is 29.8 Å². The van der Waals surface area contributed by atoms with Crippen molar-refractivity contribution in [1.82, 2.24) is 10.2 Å². The molecule has 4 aromatic rings. The third-order valence-corrected chi connectivity index (χ3v) is 6.41. The van der Waals surface area contributed by atoms with Crippen molar-refractivity contribution in [3.05, 3.63) is 120 Å². The van der Waals surface area contributed by atoms with Crippen molar-refractivity contribution in [2.45, 2.75) is 26.3 Å². The summed E-state index contributed by atoms with van der Waals surface area (Å²) in [6.07, 6.45) is 0. The maximum absolute atomic E-state index is 14.0. The number of benzene rings is 4. The number of hydrogen-bond acceptors (Lipinski definition) is 2. The van der Waals surface area contributed by atoms with Crippen LogP contribution in [0.15, 0.2) is 103 Å². The minimum Gasteiger partial charge on any atom is -0.349 e. The van der Waals surface area contributed by atoms with Gasteiger partial charge in [-0.1, -0.05) is 92.7 Å². The second-order valence-electron chi connectivity index (χ2n) is 9.52. The van der Waals surface area contributed by atoms with E-state index in [2.05, 4.69) is 50.4 Å². The molecule has 0 saturated carbocycles. The average molecular weight is 465 g/mol. The van der Waals surface area contributed by atoms with E-state index in [1.165, 1.54) is 0 Å². The Hall–Kier alpha value is -3.92. The number of amides is 2. The lowest BCUT2D eigenvalue weighted by Gasteiger charge is -2.43. The zero-order valence-electron chi connectivity index (χ0n) is 20.6. The lowest BCUT2D eigenvalue weighted by Crippen LogP contribution is -2.55. The van der Waals surface area contributed by atoms with Crippen LogP contribution in [0.4, 0.5) is 0 Å².